The van der Waals surface area contributed by atoms with Gasteiger partial charge in [-0.3, -0.25) is 23.9 Å². The first-order valence-corrected chi connectivity index (χ1v) is 9.04. The van der Waals surface area contributed by atoms with Crippen LogP contribution in [0.5, 0.6) is 0 Å². The SMILES string of the molecule is CCCNC(=O)c1ccc(-c2cnn(CC(=O)Nc3cc(C)nn3C)c2)nc1. The monoisotopic (exact) mass is 381 g/mol. The van der Waals surface area contributed by atoms with Crippen LogP contribution in [0.2, 0.25) is 0 Å². The van der Waals surface area contributed by atoms with Crippen molar-refractivity contribution < 1.29 is 9.59 Å². The molecule has 3 aromatic heterocycles. The van der Waals surface area contributed by atoms with E-state index in [9.17, 15) is 9.59 Å². The predicted octanol–water partition coefficient (Wildman–Crippen LogP) is 1.77. The largest absolute Gasteiger partial charge is 0.352 e. The van der Waals surface area contributed by atoms with Crippen LogP contribution in [0.1, 0.15) is 29.4 Å². The molecule has 0 aliphatic heterocycles. The lowest BCUT2D eigenvalue weighted by Gasteiger charge is -2.05. The molecule has 146 valence electrons. The van der Waals surface area contributed by atoms with E-state index in [0.29, 0.717) is 23.6 Å². The normalized spacial score (nSPS) is 10.7. The van der Waals surface area contributed by atoms with Gasteiger partial charge in [-0.2, -0.15) is 10.2 Å². The van der Waals surface area contributed by atoms with E-state index < -0.39 is 0 Å². The fourth-order valence-electron chi connectivity index (χ4n) is 2.68. The van der Waals surface area contributed by atoms with Gasteiger partial charge >= 0.3 is 0 Å². The molecule has 2 N–H and O–H groups in total. The first-order chi connectivity index (χ1) is 13.5. The molecular weight excluding hydrogens is 358 g/mol. The van der Waals surface area contributed by atoms with Crippen molar-refractivity contribution in [1.82, 2.24) is 29.9 Å². The van der Waals surface area contributed by atoms with Crippen LogP contribution in [0.25, 0.3) is 11.3 Å². The maximum absolute atomic E-state index is 12.2. The Hall–Kier alpha value is -3.49. The molecular formula is C19H23N7O2. The topological polar surface area (TPSA) is 107 Å². The summed E-state index contributed by atoms with van der Waals surface area (Å²) in [4.78, 5) is 28.5. The van der Waals surface area contributed by atoms with E-state index >= 15 is 0 Å². The summed E-state index contributed by atoms with van der Waals surface area (Å²) in [6, 6.07) is 5.29. The molecule has 0 saturated carbocycles. The van der Waals surface area contributed by atoms with E-state index in [0.717, 1.165) is 17.7 Å². The van der Waals surface area contributed by atoms with Crippen molar-refractivity contribution in [3.63, 3.8) is 0 Å². The zero-order valence-electron chi connectivity index (χ0n) is 16.1. The second kappa shape index (κ2) is 8.47. The number of amides is 2. The standard InChI is InChI=1S/C19H23N7O2/c1-4-7-20-19(28)14-5-6-16(21-9-14)15-10-22-26(11-15)12-18(27)23-17-8-13(2)24-25(17)3/h5-6,8-11H,4,7,12H2,1-3H3,(H,20,28)(H,23,27). The Bertz CT molecular complexity index is 973. The smallest absolute Gasteiger partial charge is 0.252 e. The van der Waals surface area contributed by atoms with E-state index in [1.165, 1.54) is 10.9 Å². The summed E-state index contributed by atoms with van der Waals surface area (Å²) in [5.41, 5.74) is 2.79. The number of carbonyl (C=O) groups excluding carboxylic acids is 2. The third-order valence-electron chi connectivity index (χ3n) is 4.07. The van der Waals surface area contributed by atoms with Crippen LogP contribution in [0.3, 0.4) is 0 Å². The number of nitrogens with zero attached hydrogens (tertiary/aromatic N) is 5. The lowest BCUT2D eigenvalue weighted by atomic mass is 10.2. The van der Waals surface area contributed by atoms with Crippen LogP contribution >= 0.6 is 0 Å². The Morgan fingerprint density at radius 2 is 2.04 bits per heavy atom. The molecule has 2 amide bonds. The Kier molecular flexibility index (Phi) is 5.83. The lowest BCUT2D eigenvalue weighted by molar-refractivity contribution is -0.116. The summed E-state index contributed by atoms with van der Waals surface area (Å²) < 4.78 is 3.15. The number of aromatic nitrogens is 5. The van der Waals surface area contributed by atoms with E-state index in [1.807, 2.05) is 13.8 Å². The maximum Gasteiger partial charge on any atom is 0.252 e. The molecule has 0 aromatic carbocycles. The average molecular weight is 381 g/mol. The highest BCUT2D eigenvalue weighted by Gasteiger charge is 2.11. The minimum absolute atomic E-state index is 0.0712. The molecule has 3 heterocycles. The Balaban J connectivity index is 1.62. The maximum atomic E-state index is 12.2. The lowest BCUT2D eigenvalue weighted by Crippen LogP contribution is -2.23. The minimum atomic E-state index is -0.200. The molecule has 0 radical (unpaired) electrons. The van der Waals surface area contributed by atoms with Crippen molar-refractivity contribution in [3.8, 4) is 11.3 Å². The zero-order chi connectivity index (χ0) is 20.1. The molecule has 0 spiro atoms. The van der Waals surface area contributed by atoms with E-state index in [2.05, 4.69) is 25.8 Å². The number of aryl methyl sites for hydroxylation is 2. The van der Waals surface area contributed by atoms with Crippen LogP contribution in [-0.4, -0.2) is 42.9 Å². The van der Waals surface area contributed by atoms with E-state index in [4.69, 9.17) is 0 Å². The van der Waals surface area contributed by atoms with Gasteiger partial charge in [0.25, 0.3) is 5.91 Å². The predicted molar refractivity (Wildman–Crippen MR) is 105 cm³/mol. The summed E-state index contributed by atoms with van der Waals surface area (Å²) in [6.45, 7) is 4.56. The number of hydrogen-bond acceptors (Lipinski definition) is 5. The molecule has 0 saturated heterocycles. The van der Waals surface area contributed by atoms with Crippen molar-refractivity contribution in [2.75, 3.05) is 11.9 Å². The van der Waals surface area contributed by atoms with Gasteiger partial charge in [-0.05, 0) is 25.5 Å². The van der Waals surface area contributed by atoms with Gasteiger partial charge in [0.15, 0.2) is 0 Å². The van der Waals surface area contributed by atoms with Crippen molar-refractivity contribution in [2.24, 2.45) is 7.05 Å². The van der Waals surface area contributed by atoms with Gasteiger partial charge in [-0.25, -0.2) is 0 Å². The van der Waals surface area contributed by atoms with Crippen molar-refractivity contribution in [1.29, 1.82) is 0 Å². The number of hydrogen-bond donors (Lipinski definition) is 2. The molecule has 28 heavy (non-hydrogen) atoms. The van der Waals surface area contributed by atoms with Crippen molar-refractivity contribution >= 4 is 17.6 Å². The molecule has 0 aliphatic carbocycles. The third kappa shape index (κ3) is 4.61. The molecule has 3 aromatic rings. The average Bonchev–Trinajstić information content (AvgIpc) is 3.26. The van der Waals surface area contributed by atoms with Gasteiger partial charge in [0, 0.05) is 37.6 Å². The Morgan fingerprint density at radius 1 is 1.21 bits per heavy atom. The van der Waals surface area contributed by atoms with Crippen LogP contribution in [-0.2, 0) is 18.4 Å². The second-order valence-corrected chi connectivity index (χ2v) is 6.46. The van der Waals surface area contributed by atoms with Crippen molar-refractivity contribution in [2.45, 2.75) is 26.8 Å². The van der Waals surface area contributed by atoms with E-state index in [-0.39, 0.29) is 18.4 Å². The minimum Gasteiger partial charge on any atom is -0.352 e. The number of nitrogens with one attached hydrogen (secondary N) is 2. The summed E-state index contributed by atoms with van der Waals surface area (Å²) >= 11 is 0. The Labute approximate surface area is 162 Å². The molecule has 0 bridgehead atoms. The van der Waals surface area contributed by atoms with Crippen molar-refractivity contribution in [3.05, 3.63) is 48.0 Å². The number of carbonyl (C=O) groups is 2. The first-order valence-electron chi connectivity index (χ1n) is 9.04. The van der Waals surface area contributed by atoms with Gasteiger partial charge in [-0.15, -0.1) is 0 Å². The number of pyridine rings is 1. The third-order valence-corrected chi connectivity index (χ3v) is 4.07. The summed E-state index contributed by atoms with van der Waals surface area (Å²) in [5, 5.41) is 14.0. The highest BCUT2D eigenvalue weighted by molar-refractivity contribution is 5.94. The van der Waals surface area contributed by atoms with Gasteiger partial charge in [-0.1, -0.05) is 6.92 Å². The first kappa shape index (κ1) is 19.3. The van der Waals surface area contributed by atoms with Crippen LogP contribution < -0.4 is 10.6 Å². The summed E-state index contributed by atoms with van der Waals surface area (Å²) in [7, 11) is 1.77. The highest BCUT2D eigenvalue weighted by Crippen LogP contribution is 2.16. The van der Waals surface area contributed by atoms with Crippen LogP contribution in [0, 0.1) is 6.92 Å². The molecule has 3 rings (SSSR count). The number of rotatable bonds is 7. The van der Waals surface area contributed by atoms with Gasteiger partial charge in [0.1, 0.15) is 12.4 Å². The molecule has 0 atom stereocenters. The number of anilines is 1. The van der Waals surface area contributed by atoms with Gasteiger partial charge in [0.2, 0.25) is 5.91 Å². The van der Waals surface area contributed by atoms with Crippen LogP contribution in [0.15, 0.2) is 36.8 Å². The summed E-state index contributed by atoms with van der Waals surface area (Å²) in [5.74, 6) is 0.292. The molecule has 0 unspecified atom stereocenters. The molecule has 0 aliphatic rings. The Morgan fingerprint density at radius 3 is 2.68 bits per heavy atom. The molecule has 9 nitrogen and oxygen atoms in total. The molecule has 0 fully saturated rings. The van der Waals surface area contributed by atoms with Crippen LogP contribution in [0.4, 0.5) is 5.82 Å². The quantitative estimate of drug-likeness (QED) is 0.649. The molecule has 9 heteroatoms. The van der Waals surface area contributed by atoms with Gasteiger partial charge in [0.05, 0.1) is 23.1 Å². The fraction of sp³-hybridized carbons (Fsp3) is 0.316. The van der Waals surface area contributed by atoms with E-state index in [1.54, 1.807) is 42.3 Å². The summed E-state index contributed by atoms with van der Waals surface area (Å²) in [6.07, 6.45) is 5.80. The second-order valence-electron chi connectivity index (χ2n) is 6.46. The highest BCUT2D eigenvalue weighted by atomic mass is 16.2. The fourth-order valence-corrected chi connectivity index (χ4v) is 2.68. The zero-order valence-corrected chi connectivity index (χ0v) is 16.1. The van der Waals surface area contributed by atoms with Gasteiger partial charge < -0.3 is 10.6 Å².